The molecule has 0 radical (unpaired) electrons. The number of fused-ring (bicyclic) bond motifs is 1. The number of methoxy groups -OCH3 is 1. The molecule has 1 heterocycles. The molecule has 1 aliphatic heterocycles. The third-order valence-corrected chi connectivity index (χ3v) is 4.36. The normalized spacial score (nSPS) is 17.3. The summed E-state index contributed by atoms with van der Waals surface area (Å²) in [7, 11) is 1.70. The first-order valence-electron chi connectivity index (χ1n) is 5.94. The van der Waals surface area contributed by atoms with Crippen molar-refractivity contribution >= 4 is 17.8 Å². The van der Waals surface area contributed by atoms with Crippen LogP contribution in [0.2, 0.25) is 0 Å². The maximum atomic E-state index is 5.25. The van der Waals surface area contributed by atoms with E-state index in [2.05, 4.69) is 54.6 Å². The zero-order chi connectivity index (χ0) is 12.4. The molecule has 90 valence electrons. The third-order valence-electron chi connectivity index (χ3n) is 3.05. The highest BCUT2D eigenvalue weighted by atomic mass is 32.2. The molecular formula is C16H14OS. The fraction of sp³-hybridized carbons (Fsp3) is 0.125. The van der Waals surface area contributed by atoms with Gasteiger partial charge < -0.3 is 4.74 Å². The first-order chi connectivity index (χ1) is 8.86. The van der Waals surface area contributed by atoms with Gasteiger partial charge in [0.25, 0.3) is 0 Å². The minimum Gasteiger partial charge on any atom is -0.497 e. The number of hydrogen-bond donors (Lipinski definition) is 0. The van der Waals surface area contributed by atoms with Crippen LogP contribution in [0.15, 0.2) is 59.5 Å². The average Bonchev–Trinajstić information content (AvgIpc) is 2.47. The van der Waals surface area contributed by atoms with Crippen molar-refractivity contribution < 1.29 is 4.74 Å². The van der Waals surface area contributed by atoms with Gasteiger partial charge in [0.2, 0.25) is 0 Å². The Labute approximate surface area is 111 Å². The molecule has 0 saturated heterocycles. The Hall–Kier alpha value is -1.67. The first-order valence-corrected chi connectivity index (χ1v) is 6.82. The van der Waals surface area contributed by atoms with Crippen molar-refractivity contribution in [3.8, 4) is 5.75 Å². The molecule has 0 spiro atoms. The Bertz CT molecular complexity index is 575. The Morgan fingerprint density at radius 2 is 1.89 bits per heavy atom. The van der Waals surface area contributed by atoms with Crippen LogP contribution in [0.4, 0.5) is 0 Å². The Balaban J connectivity index is 1.91. The summed E-state index contributed by atoms with van der Waals surface area (Å²) in [6, 6.07) is 16.8. The second-order valence-corrected chi connectivity index (χ2v) is 5.40. The molecule has 2 heteroatoms. The summed E-state index contributed by atoms with van der Waals surface area (Å²) in [5.41, 5.74) is 2.59. The number of benzene rings is 2. The van der Waals surface area contributed by atoms with Crippen LogP contribution in [0.25, 0.3) is 6.08 Å². The van der Waals surface area contributed by atoms with E-state index in [1.807, 2.05) is 17.8 Å². The van der Waals surface area contributed by atoms with Crippen LogP contribution in [0.5, 0.6) is 5.75 Å². The van der Waals surface area contributed by atoms with Crippen LogP contribution in [0, 0.1) is 0 Å². The zero-order valence-electron chi connectivity index (χ0n) is 10.2. The van der Waals surface area contributed by atoms with E-state index < -0.39 is 0 Å². The van der Waals surface area contributed by atoms with E-state index in [0.29, 0.717) is 5.25 Å². The van der Waals surface area contributed by atoms with Crippen molar-refractivity contribution in [2.75, 3.05) is 7.11 Å². The standard InChI is InChI=1S/C16H14OS/c1-17-14-8-10-16-13(11-14)7-9-15(18-16)12-5-3-2-4-6-12/h2-11,15H,1H3. The quantitative estimate of drug-likeness (QED) is 0.777. The van der Waals surface area contributed by atoms with Crippen LogP contribution >= 0.6 is 11.8 Å². The summed E-state index contributed by atoms with van der Waals surface area (Å²) < 4.78 is 5.25. The van der Waals surface area contributed by atoms with Crippen LogP contribution in [0.3, 0.4) is 0 Å². The molecule has 0 aliphatic carbocycles. The van der Waals surface area contributed by atoms with Gasteiger partial charge in [-0.1, -0.05) is 42.5 Å². The molecule has 0 aromatic heterocycles. The third kappa shape index (κ3) is 2.16. The fourth-order valence-corrected chi connectivity index (χ4v) is 3.21. The molecule has 0 saturated carbocycles. The predicted octanol–water partition coefficient (Wildman–Crippen LogP) is 4.56. The van der Waals surface area contributed by atoms with E-state index >= 15 is 0 Å². The smallest absolute Gasteiger partial charge is 0.119 e. The minimum absolute atomic E-state index is 0.409. The van der Waals surface area contributed by atoms with E-state index in [4.69, 9.17) is 4.74 Å². The van der Waals surface area contributed by atoms with Gasteiger partial charge >= 0.3 is 0 Å². The monoisotopic (exact) mass is 254 g/mol. The Kier molecular flexibility index (Phi) is 3.11. The van der Waals surface area contributed by atoms with Gasteiger partial charge in [-0.2, -0.15) is 0 Å². The van der Waals surface area contributed by atoms with Crippen LogP contribution in [0.1, 0.15) is 16.4 Å². The number of ether oxygens (including phenoxy) is 1. The lowest BCUT2D eigenvalue weighted by atomic mass is 10.1. The molecule has 3 rings (SSSR count). The number of rotatable bonds is 2. The second-order valence-electron chi connectivity index (χ2n) is 4.21. The van der Waals surface area contributed by atoms with Crippen molar-refractivity contribution in [2.45, 2.75) is 10.1 Å². The molecule has 1 nitrogen and oxygen atoms in total. The maximum absolute atomic E-state index is 5.25. The lowest BCUT2D eigenvalue weighted by molar-refractivity contribution is 0.414. The summed E-state index contributed by atoms with van der Waals surface area (Å²) in [6.45, 7) is 0. The van der Waals surface area contributed by atoms with Crippen LogP contribution < -0.4 is 4.74 Å². The average molecular weight is 254 g/mol. The van der Waals surface area contributed by atoms with Gasteiger partial charge in [-0.15, -0.1) is 11.8 Å². The topological polar surface area (TPSA) is 9.23 Å². The summed E-state index contributed by atoms with van der Waals surface area (Å²) in [5.74, 6) is 0.914. The highest BCUT2D eigenvalue weighted by molar-refractivity contribution is 7.99. The molecule has 0 fully saturated rings. The molecule has 1 unspecified atom stereocenters. The lowest BCUT2D eigenvalue weighted by Crippen LogP contribution is -1.96. The van der Waals surface area contributed by atoms with Crippen molar-refractivity contribution in [1.82, 2.24) is 0 Å². The number of hydrogen-bond acceptors (Lipinski definition) is 2. The van der Waals surface area contributed by atoms with Gasteiger partial charge in [-0.05, 0) is 29.3 Å². The molecule has 0 bridgehead atoms. The maximum Gasteiger partial charge on any atom is 0.119 e. The van der Waals surface area contributed by atoms with E-state index in [1.165, 1.54) is 16.0 Å². The molecule has 2 aromatic rings. The van der Waals surface area contributed by atoms with Crippen molar-refractivity contribution in [3.63, 3.8) is 0 Å². The van der Waals surface area contributed by atoms with E-state index in [-0.39, 0.29) is 0 Å². The summed E-state index contributed by atoms with van der Waals surface area (Å²) in [6.07, 6.45) is 4.44. The predicted molar refractivity (Wildman–Crippen MR) is 77.1 cm³/mol. The minimum atomic E-state index is 0.409. The molecule has 2 aromatic carbocycles. The van der Waals surface area contributed by atoms with Crippen molar-refractivity contribution in [2.24, 2.45) is 0 Å². The highest BCUT2D eigenvalue weighted by Crippen LogP contribution is 2.43. The summed E-state index contributed by atoms with van der Waals surface area (Å²) >= 11 is 1.89. The van der Waals surface area contributed by atoms with Gasteiger partial charge in [0.1, 0.15) is 5.75 Å². The van der Waals surface area contributed by atoms with E-state index in [0.717, 1.165) is 5.75 Å². The molecule has 18 heavy (non-hydrogen) atoms. The van der Waals surface area contributed by atoms with Crippen LogP contribution in [-0.2, 0) is 0 Å². The Morgan fingerprint density at radius 1 is 1.06 bits per heavy atom. The van der Waals surface area contributed by atoms with Crippen LogP contribution in [-0.4, -0.2) is 7.11 Å². The first kappa shape index (κ1) is 11.4. The highest BCUT2D eigenvalue weighted by Gasteiger charge is 2.16. The van der Waals surface area contributed by atoms with Gasteiger partial charge in [-0.25, -0.2) is 0 Å². The summed E-state index contributed by atoms with van der Waals surface area (Å²) in [5, 5.41) is 0.409. The zero-order valence-corrected chi connectivity index (χ0v) is 11.0. The van der Waals surface area contributed by atoms with Gasteiger partial charge in [0.05, 0.1) is 12.4 Å². The molecule has 0 amide bonds. The van der Waals surface area contributed by atoms with Gasteiger partial charge in [0, 0.05) is 4.90 Å². The fourth-order valence-electron chi connectivity index (χ4n) is 2.08. The molecular weight excluding hydrogens is 240 g/mol. The van der Waals surface area contributed by atoms with Gasteiger partial charge in [0.15, 0.2) is 0 Å². The SMILES string of the molecule is COc1ccc2c(c1)C=CC(c1ccccc1)S2. The van der Waals surface area contributed by atoms with E-state index in [1.54, 1.807) is 7.11 Å². The van der Waals surface area contributed by atoms with Gasteiger partial charge in [-0.3, -0.25) is 0 Å². The van der Waals surface area contributed by atoms with Crippen molar-refractivity contribution in [1.29, 1.82) is 0 Å². The largest absolute Gasteiger partial charge is 0.497 e. The van der Waals surface area contributed by atoms with E-state index in [9.17, 15) is 0 Å². The van der Waals surface area contributed by atoms with Crippen molar-refractivity contribution in [3.05, 3.63) is 65.7 Å². The summed E-state index contributed by atoms with van der Waals surface area (Å²) in [4.78, 5) is 1.31. The molecule has 0 N–H and O–H groups in total. The molecule has 1 aliphatic rings. The lowest BCUT2D eigenvalue weighted by Gasteiger charge is -2.19. The number of thioether (sulfide) groups is 1. The Morgan fingerprint density at radius 3 is 2.67 bits per heavy atom. The molecule has 1 atom stereocenters. The second kappa shape index (κ2) is 4.91.